The standard InChI is InChI=1S/C16H19N3O4/c1-3-16(2)14(21)19(15(22)18-16)9-12(20)10-23-13-6-4-11(8-17)5-7-13/h4-7,12,20H,3,9-10H2,1-2H3,(H,18,22). The number of carbonyl (C=O) groups is 2. The van der Waals surface area contributed by atoms with Gasteiger partial charge in [0.2, 0.25) is 0 Å². The molecular formula is C16H19N3O4. The fourth-order valence-corrected chi connectivity index (χ4v) is 2.23. The summed E-state index contributed by atoms with van der Waals surface area (Å²) >= 11 is 0. The molecular weight excluding hydrogens is 298 g/mol. The van der Waals surface area contributed by atoms with Gasteiger partial charge in [0.15, 0.2) is 0 Å². The van der Waals surface area contributed by atoms with Crippen molar-refractivity contribution in [2.24, 2.45) is 0 Å². The molecule has 0 radical (unpaired) electrons. The van der Waals surface area contributed by atoms with Crippen LogP contribution in [0.1, 0.15) is 25.8 Å². The van der Waals surface area contributed by atoms with E-state index >= 15 is 0 Å². The van der Waals surface area contributed by atoms with Crippen molar-refractivity contribution in [2.75, 3.05) is 13.2 Å². The van der Waals surface area contributed by atoms with Crippen LogP contribution >= 0.6 is 0 Å². The Labute approximate surface area is 134 Å². The van der Waals surface area contributed by atoms with Crippen LogP contribution in [0, 0.1) is 11.3 Å². The Morgan fingerprint density at radius 1 is 1.39 bits per heavy atom. The Hall–Kier alpha value is -2.59. The van der Waals surface area contributed by atoms with Gasteiger partial charge < -0.3 is 15.2 Å². The van der Waals surface area contributed by atoms with Crippen molar-refractivity contribution < 1.29 is 19.4 Å². The van der Waals surface area contributed by atoms with Gasteiger partial charge in [-0.25, -0.2) is 4.79 Å². The van der Waals surface area contributed by atoms with Crippen molar-refractivity contribution in [1.29, 1.82) is 5.26 Å². The van der Waals surface area contributed by atoms with Crippen molar-refractivity contribution in [3.05, 3.63) is 29.8 Å². The first-order chi connectivity index (χ1) is 10.9. The van der Waals surface area contributed by atoms with E-state index in [4.69, 9.17) is 10.00 Å². The van der Waals surface area contributed by atoms with Crippen LogP contribution in [0.3, 0.4) is 0 Å². The summed E-state index contributed by atoms with van der Waals surface area (Å²) in [6, 6.07) is 7.94. The quantitative estimate of drug-likeness (QED) is 0.763. The van der Waals surface area contributed by atoms with Crippen LogP contribution in [-0.2, 0) is 4.79 Å². The monoisotopic (exact) mass is 317 g/mol. The predicted octanol–water partition coefficient (Wildman–Crippen LogP) is 1.02. The van der Waals surface area contributed by atoms with Crippen molar-refractivity contribution in [3.8, 4) is 11.8 Å². The number of aliphatic hydroxyl groups is 1. The third kappa shape index (κ3) is 3.60. The van der Waals surface area contributed by atoms with Crippen LogP contribution < -0.4 is 10.1 Å². The fraction of sp³-hybridized carbons (Fsp3) is 0.438. The molecule has 2 atom stereocenters. The molecule has 2 N–H and O–H groups in total. The molecule has 7 heteroatoms. The fourth-order valence-electron chi connectivity index (χ4n) is 2.23. The summed E-state index contributed by atoms with van der Waals surface area (Å²) < 4.78 is 5.40. The van der Waals surface area contributed by atoms with E-state index in [1.165, 1.54) is 0 Å². The summed E-state index contributed by atoms with van der Waals surface area (Å²) in [5, 5.41) is 21.3. The number of imide groups is 1. The average Bonchev–Trinajstić information content (AvgIpc) is 2.77. The van der Waals surface area contributed by atoms with Crippen LogP contribution in [0.25, 0.3) is 0 Å². The van der Waals surface area contributed by atoms with Gasteiger partial charge in [-0.2, -0.15) is 5.26 Å². The van der Waals surface area contributed by atoms with Crippen LogP contribution in [0.2, 0.25) is 0 Å². The molecule has 1 fully saturated rings. The summed E-state index contributed by atoms with van der Waals surface area (Å²) in [5.74, 6) is 0.154. The van der Waals surface area contributed by atoms with Crippen LogP contribution in [-0.4, -0.2) is 46.7 Å². The van der Waals surface area contributed by atoms with Gasteiger partial charge in [-0.15, -0.1) is 0 Å². The highest BCUT2D eigenvalue weighted by Crippen LogP contribution is 2.21. The van der Waals surface area contributed by atoms with Crippen LogP contribution in [0.5, 0.6) is 5.75 Å². The van der Waals surface area contributed by atoms with Gasteiger partial charge in [0.25, 0.3) is 5.91 Å². The smallest absolute Gasteiger partial charge is 0.325 e. The van der Waals surface area contributed by atoms with E-state index in [1.807, 2.05) is 13.0 Å². The van der Waals surface area contributed by atoms with E-state index < -0.39 is 17.7 Å². The second kappa shape index (κ2) is 6.67. The van der Waals surface area contributed by atoms with E-state index in [0.717, 1.165) is 4.90 Å². The highest BCUT2D eigenvalue weighted by atomic mass is 16.5. The van der Waals surface area contributed by atoms with Gasteiger partial charge >= 0.3 is 6.03 Å². The molecule has 2 rings (SSSR count). The maximum absolute atomic E-state index is 12.2. The number of hydrogen-bond donors (Lipinski definition) is 2. The Balaban J connectivity index is 1.89. The van der Waals surface area contributed by atoms with E-state index in [0.29, 0.717) is 17.7 Å². The molecule has 1 heterocycles. The molecule has 0 aromatic heterocycles. The number of urea groups is 1. The zero-order chi connectivity index (χ0) is 17.0. The van der Waals surface area contributed by atoms with Crippen molar-refractivity contribution in [2.45, 2.75) is 31.9 Å². The zero-order valence-electron chi connectivity index (χ0n) is 13.1. The highest BCUT2D eigenvalue weighted by molar-refractivity contribution is 6.06. The van der Waals surface area contributed by atoms with E-state index in [-0.39, 0.29) is 19.1 Å². The summed E-state index contributed by atoms with van der Waals surface area (Å²) in [4.78, 5) is 25.1. The number of nitrogens with one attached hydrogen (secondary N) is 1. The number of hydrogen-bond acceptors (Lipinski definition) is 5. The molecule has 0 aliphatic carbocycles. The summed E-state index contributed by atoms with van der Waals surface area (Å²) in [7, 11) is 0. The highest BCUT2D eigenvalue weighted by Gasteiger charge is 2.46. The molecule has 2 unspecified atom stereocenters. The number of β-amino-alcohol motifs (C(OH)–C–C–N with tert-alkyl or cyclic N) is 1. The van der Waals surface area contributed by atoms with Crippen molar-refractivity contribution in [3.63, 3.8) is 0 Å². The summed E-state index contributed by atoms with van der Waals surface area (Å²) in [6.07, 6.45) is -0.522. The molecule has 0 bridgehead atoms. The molecule has 1 aromatic rings. The lowest BCUT2D eigenvalue weighted by atomic mass is 9.99. The van der Waals surface area contributed by atoms with E-state index in [9.17, 15) is 14.7 Å². The first kappa shape index (κ1) is 16.8. The van der Waals surface area contributed by atoms with Gasteiger partial charge in [-0.05, 0) is 37.6 Å². The minimum Gasteiger partial charge on any atom is -0.491 e. The maximum atomic E-state index is 12.2. The lowest BCUT2D eigenvalue weighted by Crippen LogP contribution is -2.44. The number of nitrogens with zero attached hydrogens (tertiary/aromatic N) is 2. The summed E-state index contributed by atoms with van der Waals surface area (Å²) in [6.45, 7) is 3.28. The second-order valence-corrected chi connectivity index (χ2v) is 5.63. The molecule has 1 aliphatic heterocycles. The number of rotatable bonds is 6. The molecule has 0 spiro atoms. The number of aliphatic hydroxyl groups excluding tert-OH is 1. The van der Waals surface area contributed by atoms with Crippen molar-refractivity contribution >= 4 is 11.9 Å². The molecule has 1 saturated heterocycles. The molecule has 122 valence electrons. The largest absolute Gasteiger partial charge is 0.491 e. The zero-order valence-corrected chi connectivity index (χ0v) is 13.1. The van der Waals surface area contributed by atoms with Gasteiger partial charge in [0, 0.05) is 0 Å². The van der Waals surface area contributed by atoms with Crippen LogP contribution in [0.15, 0.2) is 24.3 Å². The third-order valence-corrected chi connectivity index (χ3v) is 3.87. The van der Waals surface area contributed by atoms with Gasteiger partial charge in [-0.1, -0.05) is 6.92 Å². The molecule has 1 aromatic carbocycles. The van der Waals surface area contributed by atoms with Gasteiger partial charge in [0.05, 0.1) is 18.2 Å². The maximum Gasteiger partial charge on any atom is 0.325 e. The number of carbonyl (C=O) groups excluding carboxylic acids is 2. The SMILES string of the molecule is CCC1(C)NC(=O)N(CC(O)COc2ccc(C#N)cc2)C1=O. The number of ether oxygens (including phenoxy) is 1. The number of nitriles is 1. The Bertz CT molecular complexity index is 638. The lowest BCUT2D eigenvalue weighted by Gasteiger charge is -2.21. The topological polar surface area (TPSA) is 103 Å². The lowest BCUT2D eigenvalue weighted by molar-refractivity contribution is -0.132. The third-order valence-electron chi connectivity index (χ3n) is 3.87. The Kier molecular flexibility index (Phi) is 4.86. The molecule has 3 amide bonds. The molecule has 0 saturated carbocycles. The molecule has 1 aliphatic rings. The van der Waals surface area contributed by atoms with Gasteiger partial charge in [0.1, 0.15) is 24.0 Å². The average molecular weight is 317 g/mol. The molecule has 7 nitrogen and oxygen atoms in total. The normalized spacial score (nSPS) is 21.7. The Morgan fingerprint density at radius 3 is 2.57 bits per heavy atom. The first-order valence-electron chi connectivity index (χ1n) is 7.34. The van der Waals surface area contributed by atoms with Gasteiger partial charge in [-0.3, -0.25) is 9.69 Å². The molecule has 23 heavy (non-hydrogen) atoms. The minimum atomic E-state index is -1.00. The first-order valence-corrected chi connectivity index (χ1v) is 7.34. The van der Waals surface area contributed by atoms with E-state index in [1.54, 1.807) is 31.2 Å². The second-order valence-electron chi connectivity index (χ2n) is 5.63. The van der Waals surface area contributed by atoms with Crippen molar-refractivity contribution in [1.82, 2.24) is 10.2 Å². The minimum absolute atomic E-state index is 0.0637. The number of amides is 3. The van der Waals surface area contributed by atoms with E-state index in [2.05, 4.69) is 5.32 Å². The predicted molar refractivity (Wildman–Crippen MR) is 81.6 cm³/mol. The Morgan fingerprint density at radius 2 is 2.04 bits per heavy atom. The number of benzene rings is 1. The summed E-state index contributed by atoms with van der Waals surface area (Å²) in [5.41, 5.74) is -0.402. The van der Waals surface area contributed by atoms with Crippen LogP contribution in [0.4, 0.5) is 4.79 Å².